The summed E-state index contributed by atoms with van der Waals surface area (Å²) in [6.07, 6.45) is 1.54. The minimum Gasteiger partial charge on any atom is -0.322 e. The smallest absolute Gasteiger partial charge is 0.229 e. The van der Waals surface area contributed by atoms with Crippen molar-refractivity contribution in [3.8, 4) is 0 Å². The molecule has 96 valence electrons. The molecule has 5 heteroatoms. The number of piperidine rings is 1. The van der Waals surface area contributed by atoms with Gasteiger partial charge in [-0.3, -0.25) is 14.5 Å². The lowest BCUT2D eigenvalue weighted by molar-refractivity contribution is -0.148. The number of nitrogens with zero attached hydrogens (tertiary/aromatic N) is 1. The summed E-state index contributed by atoms with van der Waals surface area (Å²) >= 11 is 3.35. The SMILES string of the molecule is N[C@H](CN1C(=O)CCCC1=O)c1ccc(Br)cc1. The van der Waals surface area contributed by atoms with Gasteiger partial charge in [-0.2, -0.15) is 0 Å². The van der Waals surface area contributed by atoms with Crippen LogP contribution < -0.4 is 5.73 Å². The number of carbonyl (C=O) groups excluding carboxylic acids is 2. The fraction of sp³-hybridized carbons (Fsp3) is 0.385. The topological polar surface area (TPSA) is 63.4 Å². The first-order chi connectivity index (χ1) is 8.58. The Morgan fingerprint density at radius 1 is 1.17 bits per heavy atom. The average Bonchev–Trinajstić information content (AvgIpc) is 2.34. The van der Waals surface area contributed by atoms with Crippen LogP contribution in [0, 0.1) is 0 Å². The molecule has 0 unspecified atom stereocenters. The molecule has 0 saturated carbocycles. The Hall–Kier alpha value is -1.20. The Bertz CT molecular complexity index is 443. The minimum absolute atomic E-state index is 0.112. The zero-order valence-electron chi connectivity index (χ0n) is 9.93. The van der Waals surface area contributed by atoms with Crippen LogP contribution in [-0.2, 0) is 9.59 Å². The monoisotopic (exact) mass is 310 g/mol. The van der Waals surface area contributed by atoms with Gasteiger partial charge < -0.3 is 5.73 Å². The molecule has 0 aliphatic carbocycles. The van der Waals surface area contributed by atoms with Gasteiger partial charge in [-0.05, 0) is 24.1 Å². The van der Waals surface area contributed by atoms with Crippen molar-refractivity contribution < 1.29 is 9.59 Å². The molecule has 1 saturated heterocycles. The van der Waals surface area contributed by atoms with Crippen molar-refractivity contribution in [2.24, 2.45) is 5.73 Å². The van der Waals surface area contributed by atoms with Gasteiger partial charge in [0.1, 0.15) is 0 Å². The van der Waals surface area contributed by atoms with E-state index in [2.05, 4.69) is 15.9 Å². The Morgan fingerprint density at radius 3 is 2.28 bits per heavy atom. The molecule has 18 heavy (non-hydrogen) atoms. The van der Waals surface area contributed by atoms with Crippen LogP contribution in [0.4, 0.5) is 0 Å². The molecular weight excluding hydrogens is 296 g/mol. The number of hydrogen-bond acceptors (Lipinski definition) is 3. The second kappa shape index (κ2) is 5.63. The summed E-state index contributed by atoms with van der Waals surface area (Å²) in [7, 11) is 0. The summed E-state index contributed by atoms with van der Waals surface area (Å²) in [6.45, 7) is 0.263. The van der Waals surface area contributed by atoms with Gasteiger partial charge >= 0.3 is 0 Å². The molecule has 2 amide bonds. The van der Waals surface area contributed by atoms with Crippen molar-refractivity contribution in [1.82, 2.24) is 4.90 Å². The Kier molecular flexibility index (Phi) is 4.14. The van der Waals surface area contributed by atoms with E-state index in [1.807, 2.05) is 24.3 Å². The molecule has 0 radical (unpaired) electrons. The molecule has 0 spiro atoms. The minimum atomic E-state index is -0.330. The van der Waals surface area contributed by atoms with E-state index < -0.39 is 0 Å². The van der Waals surface area contributed by atoms with E-state index in [9.17, 15) is 9.59 Å². The van der Waals surface area contributed by atoms with Gasteiger partial charge in [0.25, 0.3) is 0 Å². The summed E-state index contributed by atoms with van der Waals surface area (Å²) in [5, 5.41) is 0. The van der Waals surface area contributed by atoms with E-state index in [0.717, 1.165) is 10.0 Å². The average molecular weight is 311 g/mol. The first-order valence-corrected chi connectivity index (χ1v) is 6.71. The molecule has 4 nitrogen and oxygen atoms in total. The van der Waals surface area contributed by atoms with E-state index in [1.165, 1.54) is 4.90 Å². The van der Waals surface area contributed by atoms with E-state index in [0.29, 0.717) is 19.3 Å². The fourth-order valence-corrected chi connectivity index (χ4v) is 2.28. The molecule has 1 aromatic carbocycles. The highest BCUT2D eigenvalue weighted by Crippen LogP contribution is 2.19. The number of nitrogens with two attached hydrogens (primary N) is 1. The number of halogens is 1. The molecule has 1 atom stereocenters. The van der Waals surface area contributed by atoms with Crippen LogP contribution >= 0.6 is 15.9 Å². The molecule has 0 aromatic heterocycles. The molecule has 1 aliphatic rings. The standard InChI is InChI=1S/C13H15BrN2O2/c14-10-6-4-9(5-7-10)11(15)8-16-12(17)2-1-3-13(16)18/h4-7,11H,1-3,8,15H2/t11-/m1/s1. The molecule has 0 bridgehead atoms. The highest BCUT2D eigenvalue weighted by molar-refractivity contribution is 9.10. The molecular formula is C13H15BrN2O2. The second-order valence-corrected chi connectivity index (χ2v) is 5.33. The maximum Gasteiger partial charge on any atom is 0.229 e. The zero-order valence-corrected chi connectivity index (χ0v) is 11.5. The van der Waals surface area contributed by atoms with Gasteiger partial charge in [0.2, 0.25) is 11.8 Å². The van der Waals surface area contributed by atoms with E-state index >= 15 is 0 Å². The van der Waals surface area contributed by atoms with Gasteiger partial charge in [0.15, 0.2) is 0 Å². The van der Waals surface area contributed by atoms with Crippen LogP contribution in [0.1, 0.15) is 30.9 Å². The quantitative estimate of drug-likeness (QED) is 0.868. The number of hydrogen-bond donors (Lipinski definition) is 1. The maximum absolute atomic E-state index is 11.7. The van der Waals surface area contributed by atoms with Crippen LogP contribution in [0.25, 0.3) is 0 Å². The summed E-state index contributed by atoms with van der Waals surface area (Å²) in [5.74, 6) is -0.224. The molecule has 1 aromatic rings. The van der Waals surface area contributed by atoms with Gasteiger partial charge in [0.05, 0.1) is 0 Å². The van der Waals surface area contributed by atoms with Gasteiger partial charge in [0, 0.05) is 29.9 Å². The summed E-state index contributed by atoms with van der Waals surface area (Å²) in [6, 6.07) is 7.26. The molecule has 2 N–H and O–H groups in total. The van der Waals surface area contributed by atoms with Crippen LogP contribution in [0.2, 0.25) is 0 Å². The van der Waals surface area contributed by atoms with Crippen LogP contribution in [0.3, 0.4) is 0 Å². The van der Waals surface area contributed by atoms with Crippen molar-refractivity contribution in [2.75, 3.05) is 6.54 Å². The third-order valence-corrected chi connectivity index (χ3v) is 3.59. The molecule has 1 heterocycles. The lowest BCUT2D eigenvalue weighted by Gasteiger charge is -2.27. The normalized spacial score (nSPS) is 18.0. The number of benzene rings is 1. The zero-order chi connectivity index (χ0) is 13.1. The number of imide groups is 1. The summed E-state index contributed by atoms with van der Waals surface area (Å²) in [4.78, 5) is 24.6. The van der Waals surface area contributed by atoms with Crippen molar-refractivity contribution in [3.63, 3.8) is 0 Å². The van der Waals surface area contributed by atoms with Gasteiger partial charge in [-0.1, -0.05) is 28.1 Å². The lowest BCUT2D eigenvalue weighted by Crippen LogP contribution is -2.43. The fourth-order valence-electron chi connectivity index (χ4n) is 2.02. The first-order valence-electron chi connectivity index (χ1n) is 5.92. The lowest BCUT2D eigenvalue weighted by atomic mass is 10.0. The summed E-state index contributed by atoms with van der Waals surface area (Å²) < 4.78 is 0.976. The highest BCUT2D eigenvalue weighted by atomic mass is 79.9. The predicted octanol–water partition coefficient (Wildman–Crippen LogP) is 1.99. The summed E-state index contributed by atoms with van der Waals surface area (Å²) in [5.41, 5.74) is 6.96. The van der Waals surface area contributed by atoms with Gasteiger partial charge in [-0.25, -0.2) is 0 Å². The maximum atomic E-state index is 11.7. The van der Waals surface area contributed by atoms with E-state index in [-0.39, 0.29) is 24.4 Å². The van der Waals surface area contributed by atoms with Crippen molar-refractivity contribution in [3.05, 3.63) is 34.3 Å². The Balaban J connectivity index is 2.06. The first kappa shape index (κ1) is 13.2. The van der Waals surface area contributed by atoms with Crippen molar-refractivity contribution >= 4 is 27.7 Å². The third kappa shape index (κ3) is 2.97. The number of rotatable bonds is 3. The number of likely N-dealkylation sites (tertiary alicyclic amines) is 1. The number of amides is 2. The molecule has 1 fully saturated rings. The van der Waals surface area contributed by atoms with Gasteiger partial charge in [-0.15, -0.1) is 0 Å². The third-order valence-electron chi connectivity index (χ3n) is 3.06. The van der Waals surface area contributed by atoms with Crippen molar-refractivity contribution in [1.29, 1.82) is 0 Å². The van der Waals surface area contributed by atoms with E-state index in [4.69, 9.17) is 5.73 Å². The van der Waals surface area contributed by atoms with Crippen LogP contribution in [-0.4, -0.2) is 23.3 Å². The number of carbonyl (C=O) groups is 2. The van der Waals surface area contributed by atoms with Crippen molar-refractivity contribution in [2.45, 2.75) is 25.3 Å². The second-order valence-electron chi connectivity index (χ2n) is 4.41. The van der Waals surface area contributed by atoms with Crippen LogP contribution in [0.5, 0.6) is 0 Å². The van der Waals surface area contributed by atoms with E-state index in [1.54, 1.807) is 0 Å². The highest BCUT2D eigenvalue weighted by Gasteiger charge is 2.27. The Morgan fingerprint density at radius 2 is 1.72 bits per heavy atom. The largest absolute Gasteiger partial charge is 0.322 e. The molecule has 1 aliphatic heterocycles. The predicted molar refractivity (Wildman–Crippen MR) is 71.6 cm³/mol. The van der Waals surface area contributed by atoms with Crippen LogP contribution in [0.15, 0.2) is 28.7 Å². The molecule has 2 rings (SSSR count). The Labute approximate surface area is 114 Å².